The monoisotopic (exact) mass is 724 g/mol. The van der Waals surface area contributed by atoms with Gasteiger partial charge in [-0.2, -0.15) is 0 Å². The Labute approximate surface area is 287 Å². The van der Waals surface area contributed by atoms with Gasteiger partial charge in [0.1, 0.15) is 30.5 Å². The second-order valence-corrected chi connectivity index (χ2v) is 12.3. The summed E-state index contributed by atoms with van der Waals surface area (Å²) < 4.78 is 15.8. The normalized spacial score (nSPS) is 30.6. The fraction of sp³-hybridized carbons (Fsp3) is 0.438. The Bertz CT molecular complexity index is 1680. The molecule has 0 saturated heterocycles. The summed E-state index contributed by atoms with van der Waals surface area (Å²) in [5, 5.41) is 121. The number of benzene rings is 2. The standard InChI is InChI=1S/C32H36O19/c33-15-4-3-14(8-16(15)34)24(39)27(28(42)51-22-12-32(48,30(45)46)10-19(37)26(22)41)50-20-5-1-13(7-17(20)35)2-6-23(38)49-21-11-31(47,29(43)44)9-18(36)25(21)40/h1-8,18-19,21-22,24-27,33-37,39-41,47-48H,9-12H2,(H,43,44)(H,45,46)/b6-2+/t18-,19-,21-,22-,24?,25-,26-,27?,31+,32+/m1/s1. The van der Waals surface area contributed by atoms with Crippen molar-refractivity contribution in [2.75, 3.05) is 0 Å². The van der Waals surface area contributed by atoms with Gasteiger partial charge >= 0.3 is 23.9 Å². The van der Waals surface area contributed by atoms with Crippen LogP contribution in [0.3, 0.4) is 0 Å². The Morgan fingerprint density at radius 3 is 1.78 bits per heavy atom. The Hall–Kier alpha value is -5.02. The molecule has 0 aromatic heterocycles. The van der Waals surface area contributed by atoms with Gasteiger partial charge in [0.2, 0.25) is 6.10 Å². The Morgan fingerprint density at radius 2 is 1.27 bits per heavy atom. The topological polar surface area (TPSA) is 339 Å². The first-order chi connectivity index (χ1) is 23.7. The van der Waals surface area contributed by atoms with Gasteiger partial charge < -0.3 is 75.5 Å². The van der Waals surface area contributed by atoms with Gasteiger partial charge in [-0.1, -0.05) is 12.1 Å². The molecule has 2 aromatic rings. The van der Waals surface area contributed by atoms with Crippen molar-refractivity contribution >= 4 is 30.0 Å². The molecule has 278 valence electrons. The summed E-state index contributed by atoms with van der Waals surface area (Å²) >= 11 is 0. The van der Waals surface area contributed by atoms with Crippen molar-refractivity contribution in [3.63, 3.8) is 0 Å². The van der Waals surface area contributed by atoms with Gasteiger partial charge in [0, 0.05) is 31.8 Å². The molecule has 2 saturated carbocycles. The molecule has 10 atom stereocenters. The zero-order chi connectivity index (χ0) is 38.0. The van der Waals surface area contributed by atoms with Gasteiger partial charge in [0.15, 0.2) is 34.2 Å². The summed E-state index contributed by atoms with van der Waals surface area (Å²) in [7, 11) is 0. The molecule has 12 N–H and O–H groups in total. The number of carbonyl (C=O) groups excluding carboxylic acids is 2. The predicted octanol–water partition coefficient (Wildman–Crippen LogP) is -2.22. The molecule has 0 heterocycles. The molecule has 0 radical (unpaired) electrons. The summed E-state index contributed by atoms with van der Waals surface area (Å²) in [6, 6.07) is 6.24. The van der Waals surface area contributed by atoms with Crippen LogP contribution in [0, 0.1) is 0 Å². The fourth-order valence-electron chi connectivity index (χ4n) is 5.66. The van der Waals surface area contributed by atoms with E-state index in [-0.39, 0.29) is 11.1 Å². The third-order valence-electron chi connectivity index (χ3n) is 8.56. The van der Waals surface area contributed by atoms with Crippen LogP contribution in [0.1, 0.15) is 42.9 Å². The van der Waals surface area contributed by atoms with E-state index >= 15 is 0 Å². The zero-order valence-corrected chi connectivity index (χ0v) is 26.3. The second kappa shape index (κ2) is 15.1. The molecular formula is C32H36O19. The number of aliphatic carboxylic acids is 2. The molecule has 0 bridgehead atoms. The van der Waals surface area contributed by atoms with Crippen molar-refractivity contribution in [3.05, 3.63) is 53.6 Å². The van der Waals surface area contributed by atoms with Crippen molar-refractivity contribution in [1.29, 1.82) is 0 Å². The molecule has 51 heavy (non-hydrogen) atoms. The van der Waals surface area contributed by atoms with Crippen LogP contribution in [-0.4, -0.2) is 139 Å². The lowest BCUT2D eigenvalue weighted by Crippen LogP contribution is -2.57. The van der Waals surface area contributed by atoms with Gasteiger partial charge in [-0.25, -0.2) is 19.2 Å². The maximum Gasteiger partial charge on any atom is 0.350 e. The molecule has 4 rings (SSSR count). The van der Waals surface area contributed by atoms with Gasteiger partial charge in [-0.15, -0.1) is 0 Å². The van der Waals surface area contributed by atoms with Gasteiger partial charge in [-0.3, -0.25) is 0 Å². The molecule has 19 nitrogen and oxygen atoms in total. The molecule has 2 aliphatic carbocycles. The minimum atomic E-state index is -2.60. The molecule has 2 unspecified atom stereocenters. The molecule has 2 fully saturated rings. The highest BCUT2D eigenvalue weighted by atomic mass is 16.6. The van der Waals surface area contributed by atoms with E-state index in [9.17, 15) is 80.5 Å². The number of aliphatic hydroxyl groups is 7. The third kappa shape index (κ3) is 8.66. The first-order valence-corrected chi connectivity index (χ1v) is 15.2. The maximum atomic E-state index is 13.4. The average molecular weight is 725 g/mol. The van der Waals surface area contributed by atoms with Crippen molar-refractivity contribution in [2.24, 2.45) is 0 Å². The number of ether oxygens (including phenoxy) is 3. The van der Waals surface area contributed by atoms with Gasteiger partial charge in [0.25, 0.3) is 0 Å². The third-order valence-corrected chi connectivity index (χ3v) is 8.56. The summed E-state index contributed by atoms with van der Waals surface area (Å²) in [4.78, 5) is 48.8. The van der Waals surface area contributed by atoms with Crippen LogP contribution < -0.4 is 4.74 Å². The largest absolute Gasteiger partial charge is 0.504 e. The maximum absolute atomic E-state index is 13.4. The summed E-state index contributed by atoms with van der Waals surface area (Å²) in [5.41, 5.74) is -5.20. The van der Waals surface area contributed by atoms with Crippen molar-refractivity contribution in [3.8, 4) is 23.0 Å². The first kappa shape index (κ1) is 38.8. The van der Waals surface area contributed by atoms with Crippen molar-refractivity contribution in [1.82, 2.24) is 0 Å². The number of carboxylic acid groups (broad SMARTS) is 2. The minimum absolute atomic E-state index is 0.0958. The number of carbonyl (C=O) groups is 4. The highest BCUT2D eigenvalue weighted by Gasteiger charge is 2.52. The number of hydrogen-bond acceptors (Lipinski definition) is 17. The van der Waals surface area contributed by atoms with E-state index in [4.69, 9.17) is 14.2 Å². The number of rotatable bonds is 11. The number of hydrogen-bond donors (Lipinski definition) is 12. The Kier molecular flexibility index (Phi) is 11.5. The van der Waals surface area contributed by atoms with Crippen LogP contribution in [0.25, 0.3) is 6.08 Å². The van der Waals surface area contributed by atoms with Gasteiger partial charge in [-0.05, 0) is 41.5 Å². The minimum Gasteiger partial charge on any atom is -0.504 e. The van der Waals surface area contributed by atoms with E-state index in [1.807, 2.05) is 0 Å². The fourth-order valence-corrected chi connectivity index (χ4v) is 5.66. The van der Waals surface area contributed by atoms with Crippen LogP contribution in [0.15, 0.2) is 42.5 Å². The van der Waals surface area contributed by atoms with Gasteiger partial charge in [0.05, 0.1) is 12.2 Å². The Morgan fingerprint density at radius 1 is 0.725 bits per heavy atom. The summed E-state index contributed by atoms with van der Waals surface area (Å²) in [6.07, 6.45) is -15.9. The molecule has 2 aromatic carbocycles. The van der Waals surface area contributed by atoms with E-state index in [0.29, 0.717) is 0 Å². The SMILES string of the molecule is O=C(/C=C/c1ccc(OC(C(=O)O[C@@H]2C[C@](O)(C(=O)O)C[C@@H](O)[C@H]2O)C(O)c2ccc(O)c(O)c2)c(O)c1)O[C@@H]1C[C@](O)(C(=O)O)C[C@@H](O)[C@H]1O. The van der Waals surface area contributed by atoms with E-state index in [2.05, 4.69) is 0 Å². The van der Waals surface area contributed by atoms with Crippen LogP contribution in [0.5, 0.6) is 23.0 Å². The zero-order valence-electron chi connectivity index (χ0n) is 26.3. The number of esters is 2. The smallest absolute Gasteiger partial charge is 0.350 e. The number of aromatic hydroxyl groups is 3. The van der Waals surface area contributed by atoms with Crippen molar-refractivity contribution < 1.29 is 94.7 Å². The van der Waals surface area contributed by atoms with E-state index in [0.717, 1.165) is 42.5 Å². The number of phenolic OH excluding ortho intramolecular Hbond substituents is 3. The highest BCUT2D eigenvalue weighted by molar-refractivity contribution is 5.87. The Balaban J connectivity index is 1.54. The van der Waals surface area contributed by atoms with Crippen molar-refractivity contribution in [2.45, 2.75) is 85.7 Å². The number of phenols is 3. The average Bonchev–Trinajstić information content (AvgIpc) is 3.05. The van der Waals surface area contributed by atoms with Crippen LogP contribution >= 0.6 is 0 Å². The van der Waals surface area contributed by atoms with Crippen LogP contribution in [-0.2, 0) is 28.7 Å². The van der Waals surface area contributed by atoms with E-state index in [1.165, 1.54) is 6.07 Å². The molecule has 0 amide bonds. The number of carboxylic acids is 2. The van der Waals surface area contributed by atoms with Crippen LogP contribution in [0.4, 0.5) is 0 Å². The molecule has 0 spiro atoms. The summed E-state index contributed by atoms with van der Waals surface area (Å²) in [6.45, 7) is 0. The first-order valence-electron chi connectivity index (χ1n) is 15.2. The quantitative estimate of drug-likeness (QED) is 0.0663. The van der Waals surface area contributed by atoms with Crippen LogP contribution in [0.2, 0.25) is 0 Å². The molecule has 0 aliphatic heterocycles. The highest BCUT2D eigenvalue weighted by Crippen LogP contribution is 2.36. The molecule has 2 aliphatic rings. The molecule has 19 heteroatoms. The number of aliphatic hydroxyl groups excluding tert-OH is 5. The van der Waals surface area contributed by atoms with E-state index < -0.39 is 133 Å². The lowest BCUT2D eigenvalue weighted by atomic mass is 9.79. The van der Waals surface area contributed by atoms with E-state index in [1.54, 1.807) is 0 Å². The molecular weight excluding hydrogens is 688 g/mol. The second-order valence-electron chi connectivity index (χ2n) is 12.3. The lowest BCUT2D eigenvalue weighted by Gasteiger charge is -2.39. The summed E-state index contributed by atoms with van der Waals surface area (Å²) in [5.74, 6) is -8.57. The predicted molar refractivity (Wildman–Crippen MR) is 164 cm³/mol. The lowest BCUT2D eigenvalue weighted by molar-refractivity contribution is -0.203.